The largest absolute Gasteiger partial charge is 0.352 e. The average Bonchev–Trinajstić information content (AvgIpc) is 2.82. The summed E-state index contributed by atoms with van der Waals surface area (Å²) in [6, 6.07) is 14.0. The third-order valence-electron chi connectivity index (χ3n) is 5.73. The number of carbonyl (C=O) groups excluding carboxylic acids is 2. The quantitative estimate of drug-likeness (QED) is 0.703. The van der Waals surface area contributed by atoms with Gasteiger partial charge in [0.15, 0.2) is 5.82 Å². The number of piperazine rings is 1. The van der Waals surface area contributed by atoms with Crippen molar-refractivity contribution in [2.24, 2.45) is 0 Å². The number of carbonyl (C=O) groups is 2. The third kappa shape index (κ3) is 5.14. The third-order valence-corrected chi connectivity index (χ3v) is 5.73. The van der Waals surface area contributed by atoms with E-state index in [-0.39, 0.29) is 24.4 Å². The molecule has 0 saturated carbocycles. The predicted octanol–water partition coefficient (Wildman–Crippen LogP) is 2.83. The summed E-state index contributed by atoms with van der Waals surface area (Å²) in [6.07, 6.45) is 1.26. The van der Waals surface area contributed by atoms with Gasteiger partial charge in [-0.15, -0.1) is 10.2 Å². The molecule has 0 unspecified atom stereocenters. The van der Waals surface area contributed by atoms with Crippen molar-refractivity contribution in [3.05, 3.63) is 42.5 Å². The highest BCUT2D eigenvalue weighted by Gasteiger charge is 2.26. The van der Waals surface area contributed by atoms with E-state index in [1.165, 1.54) is 0 Å². The molecule has 1 atom stereocenters. The van der Waals surface area contributed by atoms with Crippen molar-refractivity contribution in [1.29, 1.82) is 0 Å². The number of anilines is 1. The molecule has 160 valence electrons. The maximum absolute atomic E-state index is 12.8. The first-order valence-electron chi connectivity index (χ1n) is 10.7. The molecule has 0 bridgehead atoms. The Balaban J connectivity index is 1.56. The van der Waals surface area contributed by atoms with E-state index in [1.54, 1.807) is 4.90 Å². The molecule has 0 radical (unpaired) electrons. The Bertz CT molecular complexity index is 832. The Morgan fingerprint density at radius 1 is 1.00 bits per heavy atom. The van der Waals surface area contributed by atoms with Gasteiger partial charge in [-0.3, -0.25) is 9.59 Å². The monoisotopic (exact) mass is 409 g/mol. The minimum Gasteiger partial charge on any atom is -0.352 e. The molecule has 2 aromatic rings. The summed E-state index contributed by atoms with van der Waals surface area (Å²) in [6.45, 7) is 8.68. The summed E-state index contributed by atoms with van der Waals surface area (Å²) in [5.74, 6) is 0.872. The van der Waals surface area contributed by atoms with Crippen molar-refractivity contribution in [3.63, 3.8) is 0 Å². The van der Waals surface area contributed by atoms with Gasteiger partial charge in [0.05, 0.1) is 12.2 Å². The van der Waals surface area contributed by atoms with Crippen LogP contribution in [0.5, 0.6) is 0 Å². The highest BCUT2D eigenvalue weighted by atomic mass is 16.2. The molecule has 1 fully saturated rings. The van der Waals surface area contributed by atoms with Gasteiger partial charge in [0.1, 0.15) is 0 Å². The first kappa shape index (κ1) is 21.7. The molecule has 0 spiro atoms. The predicted molar refractivity (Wildman–Crippen MR) is 118 cm³/mol. The first-order valence-corrected chi connectivity index (χ1v) is 10.7. The van der Waals surface area contributed by atoms with Crippen LogP contribution in [-0.2, 0) is 9.59 Å². The molecule has 0 N–H and O–H groups in total. The minimum atomic E-state index is 0.0160. The SMILES string of the molecule is CCC(=O)N(CC(=O)N1CCN(c2ccc(-c3ccccc3)nn2)CC1)[C@@H](C)CC. The van der Waals surface area contributed by atoms with E-state index in [9.17, 15) is 9.59 Å². The summed E-state index contributed by atoms with van der Waals surface area (Å²) in [4.78, 5) is 30.7. The fourth-order valence-corrected chi connectivity index (χ4v) is 3.60. The number of nitrogens with zero attached hydrogens (tertiary/aromatic N) is 5. The molecule has 1 aliphatic rings. The van der Waals surface area contributed by atoms with Crippen LogP contribution in [-0.4, -0.2) is 70.6 Å². The molecule has 30 heavy (non-hydrogen) atoms. The Morgan fingerprint density at radius 3 is 2.27 bits per heavy atom. The van der Waals surface area contributed by atoms with Crippen LogP contribution in [0.4, 0.5) is 5.82 Å². The van der Waals surface area contributed by atoms with Gasteiger partial charge in [0.25, 0.3) is 0 Å². The second-order valence-corrected chi connectivity index (χ2v) is 7.64. The van der Waals surface area contributed by atoms with Crippen LogP contribution in [0.2, 0.25) is 0 Å². The van der Waals surface area contributed by atoms with E-state index < -0.39 is 0 Å². The highest BCUT2D eigenvalue weighted by Crippen LogP contribution is 2.19. The van der Waals surface area contributed by atoms with E-state index in [2.05, 4.69) is 15.1 Å². The minimum absolute atomic E-state index is 0.0160. The van der Waals surface area contributed by atoms with Crippen LogP contribution in [0.3, 0.4) is 0 Å². The lowest BCUT2D eigenvalue weighted by Crippen LogP contribution is -2.53. The zero-order valence-electron chi connectivity index (χ0n) is 18.1. The molecule has 2 heterocycles. The molecule has 3 rings (SSSR count). The second kappa shape index (κ2) is 10.2. The van der Waals surface area contributed by atoms with Crippen LogP contribution < -0.4 is 4.90 Å². The normalized spacial score (nSPS) is 15.0. The van der Waals surface area contributed by atoms with Crippen molar-refractivity contribution in [1.82, 2.24) is 20.0 Å². The fourth-order valence-electron chi connectivity index (χ4n) is 3.60. The van der Waals surface area contributed by atoms with E-state index in [0.717, 1.165) is 23.5 Å². The molecule has 1 aromatic heterocycles. The van der Waals surface area contributed by atoms with Gasteiger partial charge in [0.2, 0.25) is 11.8 Å². The van der Waals surface area contributed by atoms with Gasteiger partial charge in [-0.1, -0.05) is 44.2 Å². The van der Waals surface area contributed by atoms with Crippen molar-refractivity contribution < 1.29 is 9.59 Å². The van der Waals surface area contributed by atoms with Gasteiger partial charge in [-0.25, -0.2) is 0 Å². The number of rotatable bonds is 7. The Labute approximate surface area is 178 Å². The smallest absolute Gasteiger partial charge is 0.242 e. The van der Waals surface area contributed by atoms with Crippen molar-refractivity contribution in [2.45, 2.75) is 39.7 Å². The molecule has 1 saturated heterocycles. The van der Waals surface area contributed by atoms with Crippen LogP contribution in [0.25, 0.3) is 11.3 Å². The Hall–Kier alpha value is -2.96. The summed E-state index contributed by atoms with van der Waals surface area (Å²) < 4.78 is 0. The standard InChI is InChI=1S/C23H31N5O2/c1-4-18(3)28(22(29)5-2)17-23(30)27-15-13-26(14-16-27)21-12-11-20(24-25-21)19-9-7-6-8-10-19/h6-12,18H,4-5,13-17H2,1-3H3/t18-/m0/s1. The summed E-state index contributed by atoms with van der Waals surface area (Å²) in [5, 5.41) is 8.74. The van der Waals surface area contributed by atoms with Gasteiger partial charge in [0, 0.05) is 44.2 Å². The number of amides is 2. The molecule has 0 aliphatic carbocycles. The van der Waals surface area contributed by atoms with Crippen LogP contribution >= 0.6 is 0 Å². The van der Waals surface area contributed by atoms with Crippen molar-refractivity contribution >= 4 is 17.6 Å². The molecule has 1 aromatic carbocycles. The second-order valence-electron chi connectivity index (χ2n) is 7.64. The molecule has 7 nitrogen and oxygen atoms in total. The van der Waals surface area contributed by atoms with Crippen molar-refractivity contribution in [2.75, 3.05) is 37.6 Å². The number of hydrogen-bond donors (Lipinski definition) is 0. The van der Waals surface area contributed by atoms with Crippen LogP contribution in [0.15, 0.2) is 42.5 Å². The molecular weight excluding hydrogens is 378 g/mol. The summed E-state index contributed by atoms with van der Waals surface area (Å²) >= 11 is 0. The van der Waals surface area contributed by atoms with Crippen molar-refractivity contribution in [3.8, 4) is 11.3 Å². The molecular formula is C23H31N5O2. The zero-order valence-corrected chi connectivity index (χ0v) is 18.1. The fraction of sp³-hybridized carbons (Fsp3) is 0.478. The van der Waals surface area contributed by atoms with E-state index in [0.29, 0.717) is 32.6 Å². The highest BCUT2D eigenvalue weighted by molar-refractivity contribution is 5.85. The van der Waals surface area contributed by atoms with E-state index >= 15 is 0 Å². The lowest BCUT2D eigenvalue weighted by atomic mass is 10.1. The van der Waals surface area contributed by atoms with E-state index in [4.69, 9.17) is 0 Å². The van der Waals surface area contributed by atoms with Gasteiger partial charge >= 0.3 is 0 Å². The van der Waals surface area contributed by atoms with Gasteiger partial charge in [-0.05, 0) is 25.5 Å². The number of aromatic nitrogens is 2. The Morgan fingerprint density at radius 2 is 1.70 bits per heavy atom. The number of benzene rings is 1. The maximum atomic E-state index is 12.8. The number of hydrogen-bond acceptors (Lipinski definition) is 5. The van der Waals surface area contributed by atoms with Crippen LogP contribution in [0.1, 0.15) is 33.6 Å². The first-order chi connectivity index (χ1) is 14.5. The zero-order chi connectivity index (χ0) is 21.5. The summed E-state index contributed by atoms with van der Waals surface area (Å²) in [5.41, 5.74) is 1.89. The topological polar surface area (TPSA) is 69.6 Å². The van der Waals surface area contributed by atoms with Gasteiger partial charge < -0.3 is 14.7 Å². The lowest BCUT2D eigenvalue weighted by molar-refractivity contribution is -0.142. The molecule has 2 amide bonds. The Kier molecular flexibility index (Phi) is 7.38. The molecule has 7 heteroatoms. The average molecular weight is 410 g/mol. The van der Waals surface area contributed by atoms with Crippen LogP contribution in [0, 0.1) is 0 Å². The summed E-state index contributed by atoms with van der Waals surface area (Å²) in [7, 11) is 0. The van der Waals surface area contributed by atoms with Gasteiger partial charge in [-0.2, -0.15) is 0 Å². The lowest BCUT2D eigenvalue weighted by Gasteiger charge is -2.37. The van der Waals surface area contributed by atoms with E-state index in [1.807, 2.05) is 68.1 Å². The maximum Gasteiger partial charge on any atom is 0.242 e. The molecule has 1 aliphatic heterocycles.